The molecule has 8 heteroatoms. The van der Waals surface area contributed by atoms with E-state index in [0.29, 0.717) is 30.8 Å². The average Bonchev–Trinajstić information content (AvgIpc) is 3.18. The third-order valence-electron chi connectivity index (χ3n) is 5.80. The lowest BCUT2D eigenvalue weighted by Crippen LogP contribution is -2.47. The van der Waals surface area contributed by atoms with E-state index >= 15 is 0 Å². The van der Waals surface area contributed by atoms with Crippen molar-refractivity contribution in [1.29, 1.82) is 0 Å². The Labute approximate surface area is 176 Å². The summed E-state index contributed by atoms with van der Waals surface area (Å²) in [6.45, 7) is 1.06. The number of para-hydroxylation sites is 1. The first-order valence-corrected chi connectivity index (χ1v) is 11.6. The van der Waals surface area contributed by atoms with Crippen LogP contribution < -0.4 is 10.2 Å². The molecule has 1 unspecified atom stereocenters. The van der Waals surface area contributed by atoms with Crippen molar-refractivity contribution in [2.75, 3.05) is 25.0 Å². The van der Waals surface area contributed by atoms with Crippen molar-refractivity contribution in [2.24, 2.45) is 0 Å². The smallest absolute Gasteiger partial charge is 0.259 e. The van der Waals surface area contributed by atoms with Crippen LogP contribution in [0.1, 0.15) is 35.2 Å². The van der Waals surface area contributed by atoms with Crippen LogP contribution in [-0.4, -0.2) is 50.7 Å². The summed E-state index contributed by atoms with van der Waals surface area (Å²) in [6.07, 6.45) is 3.22. The van der Waals surface area contributed by atoms with Gasteiger partial charge in [-0.1, -0.05) is 24.6 Å². The number of piperidine rings is 1. The number of rotatable bonds is 4. The molecule has 7 nitrogen and oxygen atoms in total. The Bertz CT molecular complexity index is 1060. The second kappa shape index (κ2) is 8.20. The second-order valence-corrected chi connectivity index (χ2v) is 9.57. The molecule has 0 bridgehead atoms. The van der Waals surface area contributed by atoms with Gasteiger partial charge in [0.25, 0.3) is 5.91 Å². The summed E-state index contributed by atoms with van der Waals surface area (Å²) < 4.78 is 27.2. The Balaban J connectivity index is 1.62. The van der Waals surface area contributed by atoms with Crippen LogP contribution in [0.25, 0.3) is 0 Å². The maximum atomic E-state index is 13.3. The molecule has 0 aliphatic carbocycles. The Morgan fingerprint density at radius 2 is 1.63 bits per heavy atom. The lowest BCUT2D eigenvalue weighted by Gasteiger charge is -2.26. The number of hydrogen-bond acceptors (Lipinski definition) is 4. The van der Waals surface area contributed by atoms with E-state index in [0.717, 1.165) is 24.8 Å². The van der Waals surface area contributed by atoms with Gasteiger partial charge in [0.1, 0.15) is 6.04 Å². The molecular formula is C22H25N3O4S. The Morgan fingerprint density at radius 1 is 0.967 bits per heavy atom. The van der Waals surface area contributed by atoms with Crippen LogP contribution in [0.3, 0.4) is 0 Å². The first kappa shape index (κ1) is 20.6. The molecule has 2 aliphatic rings. The summed E-state index contributed by atoms with van der Waals surface area (Å²) in [5, 5.41) is 2.63. The summed E-state index contributed by atoms with van der Waals surface area (Å²) in [5.41, 5.74) is 1.99. The SMILES string of the molecule is CNC(=O)C1Cc2ccccc2N1C(=O)c1ccc(S(=O)(=O)N2CCCCC2)cc1. The number of benzene rings is 2. The Morgan fingerprint density at radius 3 is 2.30 bits per heavy atom. The van der Waals surface area contributed by atoms with Gasteiger partial charge in [0.2, 0.25) is 15.9 Å². The van der Waals surface area contributed by atoms with E-state index in [1.165, 1.54) is 33.5 Å². The Kier molecular flexibility index (Phi) is 5.62. The summed E-state index contributed by atoms with van der Waals surface area (Å²) >= 11 is 0. The van der Waals surface area contributed by atoms with Crippen molar-refractivity contribution in [2.45, 2.75) is 36.6 Å². The number of carbonyl (C=O) groups is 2. The number of nitrogens with zero attached hydrogens (tertiary/aromatic N) is 2. The molecule has 4 rings (SSSR count). The molecule has 1 atom stereocenters. The minimum atomic E-state index is -3.56. The monoisotopic (exact) mass is 427 g/mol. The number of likely N-dealkylation sites (N-methyl/N-ethyl adjacent to an activating group) is 1. The van der Waals surface area contributed by atoms with Crippen molar-refractivity contribution >= 4 is 27.5 Å². The molecule has 0 spiro atoms. The first-order valence-electron chi connectivity index (χ1n) is 10.2. The van der Waals surface area contributed by atoms with Crippen LogP contribution in [-0.2, 0) is 21.2 Å². The third-order valence-corrected chi connectivity index (χ3v) is 7.71. The van der Waals surface area contributed by atoms with Gasteiger partial charge in [0.15, 0.2) is 0 Å². The fourth-order valence-electron chi connectivity index (χ4n) is 4.18. The van der Waals surface area contributed by atoms with Crippen molar-refractivity contribution in [1.82, 2.24) is 9.62 Å². The van der Waals surface area contributed by atoms with Crippen LogP contribution >= 0.6 is 0 Å². The van der Waals surface area contributed by atoms with Gasteiger partial charge in [0.05, 0.1) is 4.90 Å². The van der Waals surface area contributed by atoms with Gasteiger partial charge in [-0.15, -0.1) is 0 Å². The largest absolute Gasteiger partial charge is 0.357 e. The molecule has 0 saturated carbocycles. The zero-order valence-electron chi connectivity index (χ0n) is 16.9. The summed E-state index contributed by atoms with van der Waals surface area (Å²) in [4.78, 5) is 27.4. The Hall–Kier alpha value is -2.71. The number of nitrogens with one attached hydrogen (secondary N) is 1. The highest BCUT2D eigenvalue weighted by Crippen LogP contribution is 2.33. The van der Waals surface area contributed by atoms with Gasteiger partial charge < -0.3 is 5.32 Å². The molecule has 2 heterocycles. The zero-order chi connectivity index (χ0) is 21.3. The van der Waals surface area contributed by atoms with E-state index in [1.54, 1.807) is 7.05 Å². The molecule has 1 saturated heterocycles. The molecule has 2 aliphatic heterocycles. The predicted molar refractivity (Wildman–Crippen MR) is 114 cm³/mol. The molecule has 1 fully saturated rings. The molecule has 0 aromatic heterocycles. The number of hydrogen-bond donors (Lipinski definition) is 1. The van der Waals surface area contributed by atoms with Gasteiger partial charge in [-0.05, 0) is 48.7 Å². The van der Waals surface area contributed by atoms with Gasteiger partial charge in [-0.25, -0.2) is 8.42 Å². The summed E-state index contributed by atoms with van der Waals surface area (Å²) in [6, 6.07) is 12.8. The number of anilines is 1. The molecule has 158 valence electrons. The van der Waals surface area contributed by atoms with Gasteiger partial charge in [-0.3, -0.25) is 14.5 Å². The van der Waals surface area contributed by atoms with Crippen molar-refractivity contribution < 1.29 is 18.0 Å². The quantitative estimate of drug-likeness (QED) is 0.810. The van der Waals surface area contributed by atoms with E-state index in [1.807, 2.05) is 24.3 Å². The van der Waals surface area contributed by atoms with E-state index in [-0.39, 0.29) is 16.7 Å². The van der Waals surface area contributed by atoms with Gasteiger partial charge >= 0.3 is 0 Å². The first-order chi connectivity index (χ1) is 14.4. The normalized spacial score (nSPS) is 19.4. The number of carbonyl (C=O) groups excluding carboxylic acids is 2. The van der Waals surface area contributed by atoms with Crippen LogP contribution in [0.2, 0.25) is 0 Å². The number of fused-ring (bicyclic) bond motifs is 1. The highest BCUT2D eigenvalue weighted by atomic mass is 32.2. The summed E-state index contributed by atoms with van der Waals surface area (Å²) in [7, 11) is -2.01. The van der Waals surface area contributed by atoms with E-state index in [2.05, 4.69) is 5.32 Å². The van der Waals surface area contributed by atoms with Gasteiger partial charge in [0, 0.05) is 37.8 Å². The highest BCUT2D eigenvalue weighted by molar-refractivity contribution is 7.89. The number of amides is 2. The molecular weight excluding hydrogens is 402 g/mol. The summed E-state index contributed by atoms with van der Waals surface area (Å²) in [5.74, 6) is -0.556. The van der Waals surface area contributed by atoms with Crippen molar-refractivity contribution in [3.8, 4) is 0 Å². The lowest BCUT2D eigenvalue weighted by molar-refractivity contribution is -0.121. The molecule has 0 radical (unpaired) electrons. The van der Waals surface area contributed by atoms with E-state index in [9.17, 15) is 18.0 Å². The molecule has 30 heavy (non-hydrogen) atoms. The topological polar surface area (TPSA) is 86.8 Å². The fourth-order valence-corrected chi connectivity index (χ4v) is 5.69. The minimum absolute atomic E-state index is 0.186. The van der Waals surface area contributed by atoms with Crippen LogP contribution in [0.15, 0.2) is 53.4 Å². The van der Waals surface area contributed by atoms with Crippen LogP contribution in [0, 0.1) is 0 Å². The standard InChI is InChI=1S/C22H25N3O4S/c1-23-21(26)20-15-17-7-3-4-8-19(17)25(20)22(27)16-9-11-18(12-10-16)30(28,29)24-13-5-2-6-14-24/h3-4,7-12,20H,2,5-6,13-15H2,1H3,(H,23,26). The van der Waals surface area contributed by atoms with Crippen molar-refractivity contribution in [3.63, 3.8) is 0 Å². The maximum absolute atomic E-state index is 13.3. The van der Waals surface area contributed by atoms with Gasteiger partial charge in [-0.2, -0.15) is 4.31 Å². The zero-order valence-corrected chi connectivity index (χ0v) is 17.7. The van der Waals surface area contributed by atoms with Crippen LogP contribution in [0.5, 0.6) is 0 Å². The van der Waals surface area contributed by atoms with E-state index < -0.39 is 16.1 Å². The van der Waals surface area contributed by atoms with Crippen LogP contribution in [0.4, 0.5) is 5.69 Å². The molecule has 2 aromatic carbocycles. The van der Waals surface area contributed by atoms with Crippen molar-refractivity contribution in [3.05, 3.63) is 59.7 Å². The second-order valence-electron chi connectivity index (χ2n) is 7.63. The predicted octanol–water partition coefficient (Wildman–Crippen LogP) is 2.18. The molecule has 2 aromatic rings. The maximum Gasteiger partial charge on any atom is 0.259 e. The third kappa shape index (κ3) is 3.61. The lowest BCUT2D eigenvalue weighted by atomic mass is 10.1. The average molecular weight is 428 g/mol. The minimum Gasteiger partial charge on any atom is -0.357 e. The molecule has 2 amide bonds. The van der Waals surface area contributed by atoms with E-state index in [4.69, 9.17) is 0 Å². The highest BCUT2D eigenvalue weighted by Gasteiger charge is 2.38. The molecule has 1 N–H and O–H groups in total. The fraction of sp³-hybridized carbons (Fsp3) is 0.364. The number of sulfonamides is 1.